The van der Waals surface area contributed by atoms with Crippen LogP contribution in [0.15, 0.2) is 42.3 Å². The smallest absolute Gasteiger partial charge is 0.390 e. The number of aromatic nitrogens is 5. The first-order valence-corrected chi connectivity index (χ1v) is 11.5. The normalized spacial score (nSPS) is 20.5. The van der Waals surface area contributed by atoms with Crippen LogP contribution in [0.25, 0.3) is 17.0 Å². The van der Waals surface area contributed by atoms with E-state index in [-0.39, 0.29) is 13.0 Å². The zero-order valence-electron chi connectivity index (χ0n) is 19.5. The largest absolute Gasteiger partial charge is 0.413 e. The maximum absolute atomic E-state index is 13.8. The fourth-order valence-electron chi connectivity index (χ4n) is 4.89. The van der Waals surface area contributed by atoms with E-state index < -0.39 is 23.1 Å². The van der Waals surface area contributed by atoms with Gasteiger partial charge in [-0.05, 0) is 18.4 Å². The average molecular weight is 489 g/mol. The number of hydrogen-bond acceptors (Lipinski definition) is 6. The predicted octanol–water partition coefficient (Wildman–Crippen LogP) is 3.69. The number of allylic oxidation sites excluding steroid dienone is 4. The standard InChI is InChI=1S/C24H27F3N6O2/c1-23(2)15(4-3-5-19(23)24(25,26)27)12-18-17(14-34)30-22-16(21-28-6-7-29-21)13-20(31-33(18)22)32-8-10-35-11-9-32/h3-7,13,15,34H,8-12,14H2,1-2H3,(H,28,29). The molecule has 186 valence electrons. The monoisotopic (exact) mass is 488 g/mol. The molecule has 1 aliphatic carbocycles. The number of aliphatic hydroxyl groups excluding tert-OH is 1. The highest BCUT2D eigenvalue weighted by Gasteiger charge is 2.47. The Balaban J connectivity index is 1.63. The third kappa shape index (κ3) is 4.23. The average Bonchev–Trinajstić information content (AvgIpc) is 3.48. The Morgan fingerprint density at radius 2 is 2.03 bits per heavy atom. The van der Waals surface area contributed by atoms with Crippen LogP contribution in [0.3, 0.4) is 0 Å². The number of hydrogen-bond donors (Lipinski definition) is 2. The van der Waals surface area contributed by atoms with Gasteiger partial charge in [0.05, 0.1) is 36.8 Å². The summed E-state index contributed by atoms with van der Waals surface area (Å²) in [4.78, 5) is 14.2. The quantitative estimate of drug-likeness (QED) is 0.569. The van der Waals surface area contributed by atoms with Crippen LogP contribution in [0, 0.1) is 11.3 Å². The van der Waals surface area contributed by atoms with E-state index >= 15 is 0 Å². The Bertz CT molecular complexity index is 1270. The number of halogens is 3. The van der Waals surface area contributed by atoms with Gasteiger partial charge in [-0.2, -0.15) is 13.2 Å². The molecule has 11 heteroatoms. The Labute approximate surface area is 200 Å². The lowest BCUT2D eigenvalue weighted by atomic mass is 9.68. The first-order valence-electron chi connectivity index (χ1n) is 11.5. The van der Waals surface area contributed by atoms with Gasteiger partial charge in [0.15, 0.2) is 11.5 Å². The fraction of sp³-hybridized carbons (Fsp3) is 0.458. The van der Waals surface area contributed by atoms with Gasteiger partial charge in [-0.25, -0.2) is 14.5 Å². The molecule has 0 spiro atoms. The number of nitrogens with zero attached hydrogens (tertiary/aromatic N) is 5. The topological polar surface area (TPSA) is 91.6 Å². The van der Waals surface area contributed by atoms with Crippen molar-refractivity contribution in [2.75, 3.05) is 31.2 Å². The molecule has 1 unspecified atom stereocenters. The fourth-order valence-corrected chi connectivity index (χ4v) is 4.89. The van der Waals surface area contributed by atoms with E-state index in [9.17, 15) is 18.3 Å². The van der Waals surface area contributed by atoms with Crippen LogP contribution >= 0.6 is 0 Å². The Hall–Kier alpha value is -3.18. The number of ether oxygens (including phenoxy) is 1. The summed E-state index contributed by atoms with van der Waals surface area (Å²) < 4.78 is 48.4. The van der Waals surface area contributed by atoms with Crippen molar-refractivity contribution in [3.8, 4) is 11.4 Å². The number of aromatic amines is 1. The third-order valence-electron chi connectivity index (χ3n) is 6.93. The number of morpholine rings is 1. The summed E-state index contributed by atoms with van der Waals surface area (Å²) in [7, 11) is 0. The van der Waals surface area contributed by atoms with Gasteiger partial charge in [0, 0.05) is 36.5 Å². The van der Waals surface area contributed by atoms with E-state index in [0.717, 1.165) is 6.08 Å². The molecule has 4 heterocycles. The maximum atomic E-state index is 13.8. The van der Waals surface area contributed by atoms with Crippen molar-refractivity contribution in [2.45, 2.75) is 33.1 Å². The van der Waals surface area contributed by atoms with Gasteiger partial charge in [-0.1, -0.05) is 32.1 Å². The second-order valence-corrected chi connectivity index (χ2v) is 9.35. The molecular formula is C24H27F3N6O2. The first kappa shape index (κ1) is 23.6. The minimum atomic E-state index is -4.43. The van der Waals surface area contributed by atoms with Crippen LogP contribution in [0.4, 0.5) is 19.0 Å². The van der Waals surface area contributed by atoms with Crippen molar-refractivity contribution < 1.29 is 23.0 Å². The molecule has 1 fully saturated rings. The van der Waals surface area contributed by atoms with Crippen molar-refractivity contribution in [1.29, 1.82) is 0 Å². The highest BCUT2D eigenvalue weighted by Crippen LogP contribution is 2.48. The van der Waals surface area contributed by atoms with Crippen molar-refractivity contribution in [3.63, 3.8) is 0 Å². The van der Waals surface area contributed by atoms with E-state index in [1.807, 2.05) is 6.07 Å². The molecule has 2 N–H and O–H groups in total. The number of rotatable bonds is 5. The van der Waals surface area contributed by atoms with Gasteiger partial charge in [0.2, 0.25) is 0 Å². The molecule has 3 aromatic rings. The van der Waals surface area contributed by atoms with Crippen LogP contribution in [0.5, 0.6) is 0 Å². The number of aliphatic hydroxyl groups is 1. The molecule has 0 aromatic carbocycles. The van der Waals surface area contributed by atoms with Crippen molar-refractivity contribution in [1.82, 2.24) is 24.6 Å². The molecule has 0 saturated carbocycles. The zero-order valence-corrected chi connectivity index (χ0v) is 19.5. The van der Waals surface area contributed by atoms with E-state index in [2.05, 4.69) is 19.9 Å². The van der Waals surface area contributed by atoms with Gasteiger partial charge >= 0.3 is 6.18 Å². The van der Waals surface area contributed by atoms with Gasteiger partial charge in [0.1, 0.15) is 5.82 Å². The number of anilines is 1. The number of alkyl halides is 3. The van der Waals surface area contributed by atoms with Crippen LogP contribution in [-0.4, -0.2) is 62.2 Å². The third-order valence-corrected chi connectivity index (χ3v) is 6.93. The number of nitrogens with one attached hydrogen (secondary N) is 1. The van der Waals surface area contributed by atoms with Crippen molar-refractivity contribution in [2.24, 2.45) is 11.3 Å². The Morgan fingerprint density at radius 3 is 2.69 bits per heavy atom. The molecule has 3 aromatic heterocycles. The molecule has 0 bridgehead atoms. The lowest BCUT2D eigenvalue weighted by Crippen LogP contribution is -2.37. The second-order valence-electron chi connectivity index (χ2n) is 9.35. The molecule has 5 rings (SSSR count). The highest BCUT2D eigenvalue weighted by atomic mass is 19.4. The van der Waals surface area contributed by atoms with Gasteiger partial charge < -0.3 is 19.7 Å². The lowest BCUT2D eigenvalue weighted by molar-refractivity contribution is -0.108. The SMILES string of the molecule is CC1(C)C(C(F)(F)F)=CC=CC1Cc1c(CO)nc2c(-c3ncc[nH]3)cc(N3CCOCC3)nn12. The van der Waals surface area contributed by atoms with Crippen LogP contribution in [-0.2, 0) is 17.8 Å². The summed E-state index contributed by atoms with van der Waals surface area (Å²) >= 11 is 0. The summed E-state index contributed by atoms with van der Waals surface area (Å²) in [6.07, 6.45) is 3.53. The van der Waals surface area contributed by atoms with Crippen molar-refractivity contribution >= 4 is 11.5 Å². The second kappa shape index (κ2) is 8.80. The highest BCUT2D eigenvalue weighted by molar-refractivity contribution is 5.76. The Kier molecular flexibility index (Phi) is 5.92. The molecule has 35 heavy (non-hydrogen) atoms. The van der Waals surface area contributed by atoms with E-state index in [0.29, 0.717) is 60.5 Å². The maximum Gasteiger partial charge on any atom is 0.413 e. The molecule has 0 amide bonds. The summed E-state index contributed by atoms with van der Waals surface area (Å²) in [5.74, 6) is 0.799. The summed E-state index contributed by atoms with van der Waals surface area (Å²) in [6, 6.07) is 1.90. The van der Waals surface area contributed by atoms with E-state index in [4.69, 9.17) is 9.84 Å². The molecule has 2 aliphatic rings. The van der Waals surface area contributed by atoms with Crippen LogP contribution in [0.2, 0.25) is 0 Å². The van der Waals surface area contributed by atoms with Gasteiger partial charge in [0.25, 0.3) is 0 Å². The van der Waals surface area contributed by atoms with E-state index in [1.54, 1.807) is 36.8 Å². The number of H-pyrrole nitrogens is 1. The summed E-state index contributed by atoms with van der Waals surface area (Å²) in [5.41, 5.74) is 0.403. The lowest BCUT2D eigenvalue weighted by Gasteiger charge is -2.38. The summed E-state index contributed by atoms with van der Waals surface area (Å²) in [6.45, 7) is 5.30. The van der Waals surface area contributed by atoms with E-state index in [1.165, 1.54) is 6.08 Å². The van der Waals surface area contributed by atoms with Crippen molar-refractivity contribution in [3.05, 3.63) is 53.6 Å². The van der Waals surface area contributed by atoms with Crippen LogP contribution in [0.1, 0.15) is 25.2 Å². The number of fused-ring (bicyclic) bond motifs is 1. The summed E-state index contributed by atoms with van der Waals surface area (Å²) in [5, 5.41) is 15.0. The Morgan fingerprint density at radius 1 is 1.26 bits per heavy atom. The molecule has 8 nitrogen and oxygen atoms in total. The van der Waals surface area contributed by atoms with Gasteiger partial charge in [-0.3, -0.25) is 0 Å². The van der Waals surface area contributed by atoms with Gasteiger partial charge in [-0.15, -0.1) is 5.10 Å². The molecule has 1 saturated heterocycles. The molecule has 0 radical (unpaired) electrons. The first-order chi connectivity index (χ1) is 16.7. The van der Waals surface area contributed by atoms with Crippen LogP contribution < -0.4 is 4.90 Å². The minimum Gasteiger partial charge on any atom is -0.390 e. The number of imidazole rings is 2. The molecule has 1 atom stereocenters. The predicted molar refractivity (Wildman–Crippen MR) is 124 cm³/mol. The molecular weight excluding hydrogens is 461 g/mol. The molecule has 1 aliphatic heterocycles. The minimum absolute atomic E-state index is 0.227. The zero-order chi connectivity index (χ0) is 24.8.